The van der Waals surface area contributed by atoms with E-state index in [0.29, 0.717) is 5.57 Å². The summed E-state index contributed by atoms with van der Waals surface area (Å²) in [5, 5.41) is 0. The summed E-state index contributed by atoms with van der Waals surface area (Å²) in [4.78, 5) is 14.2. The van der Waals surface area contributed by atoms with E-state index >= 15 is 0 Å². The van der Waals surface area contributed by atoms with Crippen LogP contribution in [0.25, 0.3) is 0 Å². The summed E-state index contributed by atoms with van der Waals surface area (Å²) in [6.45, 7) is 10.1. The smallest absolute Gasteiger partial charge is 0.161 e. The molecule has 0 saturated carbocycles. The van der Waals surface area contributed by atoms with Crippen LogP contribution in [0.2, 0.25) is 0 Å². The number of Topliss-reactive ketones (excluding diaryl/α,β-unsaturated/α-hetero) is 1. The maximum absolute atomic E-state index is 10.8. The van der Waals surface area contributed by atoms with Crippen LogP contribution in [0, 0.1) is 0 Å². The molecule has 0 aromatic heterocycles. The standard InChI is InChI=1S/C8H11NO/c1-6(2)8(5-9-4)7(3)10/h5H,1,4H2,2-3H3/b8-5+. The van der Waals surface area contributed by atoms with Gasteiger partial charge in [-0.3, -0.25) is 9.79 Å². The van der Waals surface area contributed by atoms with Crippen molar-refractivity contribution in [3.05, 3.63) is 23.9 Å². The second kappa shape index (κ2) is 3.77. The number of aliphatic imine (C=N–C) groups is 1. The van der Waals surface area contributed by atoms with E-state index < -0.39 is 0 Å². The van der Waals surface area contributed by atoms with Crippen LogP contribution in [-0.4, -0.2) is 12.5 Å². The first kappa shape index (κ1) is 8.82. The molecule has 0 atom stereocenters. The number of carbonyl (C=O) groups excluding carboxylic acids is 1. The van der Waals surface area contributed by atoms with Gasteiger partial charge in [0.2, 0.25) is 0 Å². The predicted molar refractivity (Wildman–Crippen MR) is 43.1 cm³/mol. The highest BCUT2D eigenvalue weighted by Crippen LogP contribution is 2.06. The van der Waals surface area contributed by atoms with E-state index in [1.54, 1.807) is 6.92 Å². The maximum atomic E-state index is 10.8. The number of nitrogens with zero attached hydrogens (tertiary/aromatic N) is 1. The average molecular weight is 137 g/mol. The SMILES string of the molecule is C=N/C=C(\C(=C)C)C(C)=O. The molecule has 0 aromatic carbocycles. The van der Waals surface area contributed by atoms with Gasteiger partial charge in [0, 0.05) is 11.8 Å². The third kappa shape index (κ3) is 2.40. The number of rotatable bonds is 3. The fourth-order valence-corrected chi connectivity index (χ4v) is 0.593. The van der Waals surface area contributed by atoms with Gasteiger partial charge in [0.05, 0.1) is 0 Å². The average Bonchev–Trinajstić information content (AvgIpc) is 1.81. The Hall–Kier alpha value is -1.18. The molecule has 0 aliphatic rings. The Kier molecular flexibility index (Phi) is 3.33. The van der Waals surface area contributed by atoms with Gasteiger partial charge < -0.3 is 0 Å². The molecule has 2 heteroatoms. The third-order valence-electron chi connectivity index (χ3n) is 1.06. The van der Waals surface area contributed by atoms with Gasteiger partial charge in [-0.15, -0.1) is 0 Å². The van der Waals surface area contributed by atoms with Crippen molar-refractivity contribution in [2.75, 3.05) is 0 Å². The van der Waals surface area contributed by atoms with E-state index in [0.717, 1.165) is 5.57 Å². The van der Waals surface area contributed by atoms with Crippen LogP contribution in [0.1, 0.15) is 13.8 Å². The predicted octanol–water partition coefficient (Wildman–Crippen LogP) is 1.74. The topological polar surface area (TPSA) is 29.4 Å². The van der Waals surface area contributed by atoms with Crippen LogP contribution >= 0.6 is 0 Å². The fraction of sp³-hybridized carbons (Fsp3) is 0.250. The van der Waals surface area contributed by atoms with Gasteiger partial charge in [-0.05, 0) is 26.1 Å². The van der Waals surface area contributed by atoms with Gasteiger partial charge in [0.25, 0.3) is 0 Å². The first-order valence-corrected chi connectivity index (χ1v) is 2.92. The van der Waals surface area contributed by atoms with E-state index in [1.807, 2.05) is 0 Å². The van der Waals surface area contributed by atoms with Gasteiger partial charge in [0.1, 0.15) is 0 Å². The molecule has 0 unspecified atom stereocenters. The molecule has 0 amide bonds. The largest absolute Gasteiger partial charge is 0.294 e. The molecule has 0 aromatic rings. The Labute approximate surface area is 61.0 Å². The summed E-state index contributed by atoms with van der Waals surface area (Å²) in [5.41, 5.74) is 1.26. The Bertz CT molecular complexity index is 185. The van der Waals surface area contributed by atoms with Crippen molar-refractivity contribution in [2.45, 2.75) is 13.8 Å². The zero-order valence-electron chi connectivity index (χ0n) is 6.35. The summed E-state index contributed by atoms with van der Waals surface area (Å²) < 4.78 is 0. The van der Waals surface area contributed by atoms with Crippen molar-refractivity contribution in [3.8, 4) is 0 Å². The van der Waals surface area contributed by atoms with Crippen LogP contribution in [0.5, 0.6) is 0 Å². The molecule has 0 radical (unpaired) electrons. The molecule has 0 fully saturated rings. The minimum absolute atomic E-state index is 0.0279. The van der Waals surface area contributed by atoms with Crippen LogP contribution < -0.4 is 0 Å². The van der Waals surface area contributed by atoms with Gasteiger partial charge in [-0.1, -0.05) is 6.58 Å². The van der Waals surface area contributed by atoms with Gasteiger partial charge in [-0.25, -0.2) is 0 Å². The molecule has 0 spiro atoms. The zero-order valence-corrected chi connectivity index (χ0v) is 6.35. The Morgan fingerprint density at radius 2 is 2.00 bits per heavy atom. The number of ketones is 1. The lowest BCUT2D eigenvalue weighted by molar-refractivity contribution is -0.113. The molecule has 2 nitrogen and oxygen atoms in total. The molecule has 10 heavy (non-hydrogen) atoms. The second-order valence-electron chi connectivity index (χ2n) is 2.06. The normalized spacial score (nSPS) is 10.8. The summed E-state index contributed by atoms with van der Waals surface area (Å²) in [6, 6.07) is 0. The molecule has 0 saturated heterocycles. The number of hydrogen-bond acceptors (Lipinski definition) is 2. The Balaban J connectivity index is 4.58. The summed E-state index contributed by atoms with van der Waals surface area (Å²) in [7, 11) is 0. The van der Waals surface area contributed by atoms with Crippen LogP contribution in [0.15, 0.2) is 28.9 Å². The minimum Gasteiger partial charge on any atom is -0.294 e. The lowest BCUT2D eigenvalue weighted by Crippen LogP contribution is -1.96. The van der Waals surface area contributed by atoms with Crippen LogP contribution in [0.3, 0.4) is 0 Å². The van der Waals surface area contributed by atoms with E-state index in [4.69, 9.17) is 0 Å². The number of allylic oxidation sites excluding steroid dienone is 2. The molecule has 0 aliphatic carbocycles. The molecule has 54 valence electrons. The van der Waals surface area contributed by atoms with Crippen LogP contribution in [-0.2, 0) is 4.79 Å². The molecular weight excluding hydrogens is 126 g/mol. The van der Waals surface area contributed by atoms with Crippen molar-refractivity contribution in [1.29, 1.82) is 0 Å². The first-order valence-electron chi connectivity index (χ1n) is 2.92. The van der Waals surface area contributed by atoms with E-state index in [-0.39, 0.29) is 5.78 Å². The molecule has 0 aliphatic heterocycles. The monoisotopic (exact) mass is 137 g/mol. The summed E-state index contributed by atoms with van der Waals surface area (Å²) in [5.74, 6) is -0.0279. The Morgan fingerprint density at radius 3 is 2.10 bits per heavy atom. The Morgan fingerprint density at radius 1 is 1.50 bits per heavy atom. The van der Waals surface area contributed by atoms with E-state index in [9.17, 15) is 4.79 Å². The molecule has 0 rings (SSSR count). The maximum Gasteiger partial charge on any atom is 0.161 e. The van der Waals surface area contributed by atoms with Crippen molar-refractivity contribution in [1.82, 2.24) is 0 Å². The highest BCUT2D eigenvalue weighted by molar-refractivity contribution is 5.97. The summed E-state index contributed by atoms with van der Waals surface area (Å²) in [6.07, 6.45) is 1.42. The number of carbonyl (C=O) groups is 1. The van der Waals surface area contributed by atoms with Gasteiger partial charge in [-0.2, -0.15) is 0 Å². The second-order valence-corrected chi connectivity index (χ2v) is 2.06. The van der Waals surface area contributed by atoms with Crippen molar-refractivity contribution < 1.29 is 4.79 Å². The lowest BCUT2D eigenvalue weighted by atomic mass is 10.1. The fourth-order valence-electron chi connectivity index (χ4n) is 0.593. The van der Waals surface area contributed by atoms with E-state index in [1.165, 1.54) is 13.1 Å². The minimum atomic E-state index is -0.0279. The number of hydrogen-bond donors (Lipinski definition) is 0. The highest BCUT2D eigenvalue weighted by Gasteiger charge is 2.01. The molecule has 0 N–H and O–H groups in total. The van der Waals surface area contributed by atoms with Crippen LogP contribution in [0.4, 0.5) is 0 Å². The van der Waals surface area contributed by atoms with Crippen molar-refractivity contribution in [3.63, 3.8) is 0 Å². The molecular formula is C8H11NO. The van der Waals surface area contributed by atoms with E-state index in [2.05, 4.69) is 18.3 Å². The lowest BCUT2D eigenvalue weighted by Gasteiger charge is -1.97. The first-order chi connectivity index (χ1) is 4.59. The third-order valence-corrected chi connectivity index (χ3v) is 1.06. The van der Waals surface area contributed by atoms with Crippen molar-refractivity contribution in [2.24, 2.45) is 4.99 Å². The van der Waals surface area contributed by atoms with Gasteiger partial charge >= 0.3 is 0 Å². The highest BCUT2D eigenvalue weighted by atomic mass is 16.1. The quantitative estimate of drug-likeness (QED) is 0.331. The summed E-state index contributed by atoms with van der Waals surface area (Å²) >= 11 is 0. The van der Waals surface area contributed by atoms with Crippen molar-refractivity contribution >= 4 is 12.5 Å². The molecule has 0 heterocycles. The molecule has 0 bridgehead atoms. The zero-order chi connectivity index (χ0) is 8.15. The van der Waals surface area contributed by atoms with Gasteiger partial charge in [0.15, 0.2) is 5.78 Å².